The van der Waals surface area contributed by atoms with Gasteiger partial charge in [-0.15, -0.1) is 5.10 Å². The molecule has 1 aliphatic rings. The lowest BCUT2D eigenvalue weighted by Gasteiger charge is -2.05. The zero-order valence-corrected chi connectivity index (χ0v) is 8.47. The van der Waals surface area contributed by atoms with Gasteiger partial charge < -0.3 is 5.32 Å². The fourth-order valence-electron chi connectivity index (χ4n) is 1.35. The van der Waals surface area contributed by atoms with Gasteiger partial charge in [0.15, 0.2) is 0 Å². The van der Waals surface area contributed by atoms with Crippen LogP contribution in [0.1, 0.15) is 12.1 Å². The molecule has 0 bridgehead atoms. The van der Waals surface area contributed by atoms with Crippen molar-refractivity contribution < 1.29 is 0 Å². The van der Waals surface area contributed by atoms with E-state index in [1.807, 2.05) is 30.8 Å². The Bertz CT molecular complexity index is 267. The zero-order chi connectivity index (χ0) is 9.10. The Hall–Kier alpha value is -0.610. The van der Waals surface area contributed by atoms with Gasteiger partial charge in [0.2, 0.25) is 0 Å². The molecule has 1 aromatic rings. The summed E-state index contributed by atoms with van der Waals surface area (Å²) >= 11 is 1.82. The van der Waals surface area contributed by atoms with Crippen LogP contribution in [-0.4, -0.2) is 28.5 Å². The molecule has 0 amide bonds. The molecule has 0 aliphatic carbocycles. The molecule has 3 nitrogen and oxygen atoms in total. The van der Waals surface area contributed by atoms with E-state index in [2.05, 4.69) is 15.5 Å². The Morgan fingerprint density at radius 2 is 2.38 bits per heavy atom. The van der Waals surface area contributed by atoms with E-state index < -0.39 is 0 Å². The first kappa shape index (κ1) is 8.97. The van der Waals surface area contributed by atoms with E-state index in [1.165, 1.54) is 6.42 Å². The quantitative estimate of drug-likeness (QED) is 0.770. The van der Waals surface area contributed by atoms with Gasteiger partial charge >= 0.3 is 0 Å². The molecule has 1 fully saturated rings. The van der Waals surface area contributed by atoms with Crippen molar-refractivity contribution in [3.05, 3.63) is 17.8 Å². The van der Waals surface area contributed by atoms with Crippen molar-refractivity contribution in [2.45, 2.75) is 23.6 Å². The van der Waals surface area contributed by atoms with Gasteiger partial charge in [-0.1, -0.05) is 11.8 Å². The second kappa shape index (κ2) is 4.07. The third-order valence-electron chi connectivity index (χ3n) is 2.08. The molecular weight excluding hydrogens is 182 g/mol. The van der Waals surface area contributed by atoms with E-state index in [9.17, 15) is 0 Å². The van der Waals surface area contributed by atoms with Crippen LogP contribution in [0.2, 0.25) is 0 Å². The predicted molar refractivity (Wildman–Crippen MR) is 53.9 cm³/mol. The van der Waals surface area contributed by atoms with Crippen molar-refractivity contribution in [2.75, 3.05) is 13.1 Å². The summed E-state index contributed by atoms with van der Waals surface area (Å²) in [7, 11) is 0. The fourth-order valence-corrected chi connectivity index (χ4v) is 2.36. The van der Waals surface area contributed by atoms with Gasteiger partial charge in [0.05, 0.1) is 5.69 Å². The number of aryl methyl sites for hydroxylation is 1. The van der Waals surface area contributed by atoms with Gasteiger partial charge in [-0.3, -0.25) is 0 Å². The molecule has 0 spiro atoms. The fraction of sp³-hybridized carbons (Fsp3) is 0.556. The molecular formula is C9H13N3S. The molecule has 0 aromatic carbocycles. The lowest BCUT2D eigenvalue weighted by atomic mass is 10.4. The lowest BCUT2D eigenvalue weighted by molar-refractivity contribution is 0.857. The first-order valence-corrected chi connectivity index (χ1v) is 5.40. The van der Waals surface area contributed by atoms with Crippen LogP contribution in [0.25, 0.3) is 0 Å². The Morgan fingerprint density at radius 1 is 1.46 bits per heavy atom. The van der Waals surface area contributed by atoms with Crippen LogP contribution in [0.3, 0.4) is 0 Å². The smallest absolute Gasteiger partial charge is 0.119 e. The van der Waals surface area contributed by atoms with Crippen molar-refractivity contribution >= 4 is 11.8 Å². The highest BCUT2D eigenvalue weighted by molar-refractivity contribution is 7.99. The lowest BCUT2D eigenvalue weighted by Crippen LogP contribution is -2.10. The number of thioether (sulfide) groups is 1. The standard InChI is InChI=1S/C9H13N3S/c1-7-2-3-9(12-11-7)13-8-4-5-10-6-8/h2-3,8,10H,4-6H2,1H3. The van der Waals surface area contributed by atoms with Crippen LogP contribution in [-0.2, 0) is 0 Å². The molecule has 1 aliphatic heterocycles. The van der Waals surface area contributed by atoms with Gasteiger partial charge in [-0.05, 0) is 32.0 Å². The maximum Gasteiger partial charge on any atom is 0.119 e. The average Bonchev–Trinajstić information content (AvgIpc) is 2.62. The molecule has 13 heavy (non-hydrogen) atoms. The largest absolute Gasteiger partial charge is 0.316 e. The molecule has 1 atom stereocenters. The topological polar surface area (TPSA) is 37.8 Å². The third-order valence-corrected chi connectivity index (χ3v) is 3.27. The van der Waals surface area contributed by atoms with E-state index in [0.29, 0.717) is 5.25 Å². The summed E-state index contributed by atoms with van der Waals surface area (Å²) in [5.41, 5.74) is 0.980. The van der Waals surface area contributed by atoms with Crippen molar-refractivity contribution in [3.63, 3.8) is 0 Å². The van der Waals surface area contributed by atoms with Crippen molar-refractivity contribution in [3.8, 4) is 0 Å². The monoisotopic (exact) mass is 195 g/mol. The summed E-state index contributed by atoms with van der Waals surface area (Å²) in [4.78, 5) is 0. The number of nitrogens with one attached hydrogen (secondary N) is 1. The Labute approximate surface area is 82.3 Å². The SMILES string of the molecule is Cc1ccc(SC2CCNC2)nn1. The van der Waals surface area contributed by atoms with Gasteiger partial charge in [0, 0.05) is 11.8 Å². The zero-order valence-electron chi connectivity index (χ0n) is 7.66. The van der Waals surface area contributed by atoms with Crippen LogP contribution in [0, 0.1) is 6.92 Å². The third kappa shape index (κ3) is 2.42. The number of hydrogen-bond acceptors (Lipinski definition) is 4. The highest BCUT2D eigenvalue weighted by Crippen LogP contribution is 2.24. The molecule has 70 valence electrons. The minimum Gasteiger partial charge on any atom is -0.316 e. The Balaban J connectivity index is 1.97. The first-order chi connectivity index (χ1) is 6.34. The van der Waals surface area contributed by atoms with E-state index in [0.717, 1.165) is 23.8 Å². The number of hydrogen-bond donors (Lipinski definition) is 1. The molecule has 1 saturated heterocycles. The molecule has 1 aromatic heterocycles. The van der Waals surface area contributed by atoms with Gasteiger partial charge in [0.25, 0.3) is 0 Å². The predicted octanol–water partition coefficient (Wildman–Crippen LogP) is 1.24. The number of aromatic nitrogens is 2. The highest BCUT2D eigenvalue weighted by Gasteiger charge is 2.15. The summed E-state index contributed by atoms with van der Waals surface area (Å²) in [5, 5.41) is 13.2. The molecule has 1 unspecified atom stereocenters. The van der Waals surface area contributed by atoms with Crippen LogP contribution in [0.15, 0.2) is 17.2 Å². The van der Waals surface area contributed by atoms with Crippen LogP contribution in [0.5, 0.6) is 0 Å². The Morgan fingerprint density at radius 3 is 3.00 bits per heavy atom. The van der Waals surface area contributed by atoms with Crippen LogP contribution < -0.4 is 5.32 Å². The molecule has 0 radical (unpaired) electrons. The van der Waals surface area contributed by atoms with Gasteiger partial charge in [-0.2, -0.15) is 5.10 Å². The molecule has 1 N–H and O–H groups in total. The molecule has 4 heteroatoms. The van der Waals surface area contributed by atoms with Crippen LogP contribution >= 0.6 is 11.8 Å². The number of nitrogens with zero attached hydrogens (tertiary/aromatic N) is 2. The molecule has 2 rings (SSSR count). The van der Waals surface area contributed by atoms with E-state index in [-0.39, 0.29) is 0 Å². The second-order valence-corrected chi connectivity index (χ2v) is 4.57. The highest BCUT2D eigenvalue weighted by atomic mass is 32.2. The van der Waals surface area contributed by atoms with E-state index >= 15 is 0 Å². The normalized spacial score (nSPS) is 22.1. The Kier molecular flexibility index (Phi) is 2.80. The summed E-state index contributed by atoms with van der Waals surface area (Å²) < 4.78 is 0. The minimum atomic E-state index is 0.678. The first-order valence-electron chi connectivity index (χ1n) is 4.52. The van der Waals surface area contributed by atoms with Crippen molar-refractivity contribution in [1.29, 1.82) is 0 Å². The average molecular weight is 195 g/mol. The molecule has 2 heterocycles. The summed E-state index contributed by atoms with van der Waals surface area (Å²) in [6.45, 7) is 4.19. The maximum atomic E-state index is 4.13. The van der Waals surface area contributed by atoms with Crippen molar-refractivity contribution in [2.24, 2.45) is 0 Å². The summed E-state index contributed by atoms with van der Waals surface area (Å²) in [6.07, 6.45) is 1.24. The van der Waals surface area contributed by atoms with Crippen LogP contribution in [0.4, 0.5) is 0 Å². The van der Waals surface area contributed by atoms with E-state index in [4.69, 9.17) is 0 Å². The van der Waals surface area contributed by atoms with Gasteiger partial charge in [0.1, 0.15) is 5.03 Å². The number of rotatable bonds is 2. The van der Waals surface area contributed by atoms with E-state index in [1.54, 1.807) is 0 Å². The maximum absolute atomic E-state index is 4.13. The molecule has 0 saturated carbocycles. The summed E-state index contributed by atoms with van der Waals surface area (Å²) in [5.74, 6) is 0. The van der Waals surface area contributed by atoms with Gasteiger partial charge in [-0.25, -0.2) is 0 Å². The summed E-state index contributed by atoms with van der Waals surface area (Å²) in [6, 6.07) is 4.06. The van der Waals surface area contributed by atoms with Crippen molar-refractivity contribution in [1.82, 2.24) is 15.5 Å². The minimum absolute atomic E-state index is 0.678. The second-order valence-electron chi connectivity index (χ2n) is 3.25.